The third kappa shape index (κ3) is 4.49. The molecule has 1 amide bonds. The van der Waals surface area contributed by atoms with Gasteiger partial charge in [0, 0.05) is 7.05 Å². The summed E-state index contributed by atoms with van der Waals surface area (Å²) in [5.74, 6) is -0.969. The number of carbonyl (C=O) groups excluding carboxylic acids is 1. The third-order valence-electron chi connectivity index (χ3n) is 3.89. The van der Waals surface area contributed by atoms with Crippen molar-refractivity contribution in [2.75, 3.05) is 13.7 Å². The van der Waals surface area contributed by atoms with Gasteiger partial charge in [0.05, 0.1) is 18.1 Å². The van der Waals surface area contributed by atoms with Crippen LogP contribution in [0.15, 0.2) is 0 Å². The standard InChI is InChI=1S/C14H25NO4/c1-11(2)19-10-12(16)15(3)14(9-13(17)18)7-5-4-6-8-14/h11H,4-10H2,1-3H3,(H,17,18). The Balaban J connectivity index is 2.73. The molecule has 1 saturated carbocycles. The van der Waals surface area contributed by atoms with Gasteiger partial charge in [0.2, 0.25) is 5.91 Å². The van der Waals surface area contributed by atoms with Crippen molar-refractivity contribution in [3.63, 3.8) is 0 Å². The molecule has 0 aromatic carbocycles. The molecule has 5 nitrogen and oxygen atoms in total. The van der Waals surface area contributed by atoms with Gasteiger partial charge in [0.25, 0.3) is 0 Å². The number of rotatable bonds is 6. The first-order valence-corrected chi connectivity index (χ1v) is 6.97. The zero-order chi connectivity index (χ0) is 14.5. The van der Waals surface area contributed by atoms with Crippen molar-refractivity contribution in [2.24, 2.45) is 0 Å². The van der Waals surface area contributed by atoms with Crippen LogP contribution in [0.2, 0.25) is 0 Å². The van der Waals surface area contributed by atoms with E-state index >= 15 is 0 Å². The fraction of sp³-hybridized carbons (Fsp3) is 0.857. The molecule has 0 atom stereocenters. The van der Waals surface area contributed by atoms with Gasteiger partial charge in [-0.1, -0.05) is 19.3 Å². The largest absolute Gasteiger partial charge is 0.481 e. The average Bonchev–Trinajstić information content (AvgIpc) is 2.35. The summed E-state index contributed by atoms with van der Waals surface area (Å²) in [6, 6.07) is 0. The molecule has 1 N–H and O–H groups in total. The maximum absolute atomic E-state index is 12.1. The Bertz CT molecular complexity index is 321. The van der Waals surface area contributed by atoms with Crippen LogP contribution >= 0.6 is 0 Å². The number of carboxylic acid groups (broad SMARTS) is 1. The van der Waals surface area contributed by atoms with E-state index in [1.54, 1.807) is 11.9 Å². The number of aliphatic carboxylic acids is 1. The van der Waals surface area contributed by atoms with E-state index in [2.05, 4.69) is 0 Å². The Labute approximate surface area is 114 Å². The molecule has 1 aliphatic carbocycles. The van der Waals surface area contributed by atoms with Crippen LogP contribution in [0.4, 0.5) is 0 Å². The Hall–Kier alpha value is -1.10. The van der Waals surface area contributed by atoms with Crippen molar-refractivity contribution in [3.05, 3.63) is 0 Å². The second kappa shape index (κ2) is 6.89. The molecule has 0 aliphatic heterocycles. The van der Waals surface area contributed by atoms with E-state index in [1.807, 2.05) is 13.8 Å². The Morgan fingerprint density at radius 3 is 2.32 bits per heavy atom. The lowest BCUT2D eigenvalue weighted by molar-refractivity contribution is -0.149. The second-order valence-corrected chi connectivity index (χ2v) is 5.67. The Morgan fingerprint density at radius 1 is 1.26 bits per heavy atom. The molecule has 0 aromatic heterocycles. The Kier molecular flexibility index (Phi) is 5.79. The first-order valence-electron chi connectivity index (χ1n) is 6.97. The highest BCUT2D eigenvalue weighted by Crippen LogP contribution is 2.35. The highest BCUT2D eigenvalue weighted by Gasteiger charge is 2.40. The van der Waals surface area contributed by atoms with E-state index in [1.165, 1.54) is 0 Å². The van der Waals surface area contributed by atoms with Crippen molar-refractivity contribution in [2.45, 2.75) is 64.0 Å². The van der Waals surface area contributed by atoms with Gasteiger partial charge in [-0.3, -0.25) is 9.59 Å². The number of likely N-dealkylation sites (N-methyl/N-ethyl adjacent to an activating group) is 1. The van der Waals surface area contributed by atoms with Crippen LogP contribution in [-0.2, 0) is 14.3 Å². The molecule has 0 saturated heterocycles. The summed E-state index contributed by atoms with van der Waals surface area (Å²) in [5, 5.41) is 9.11. The lowest BCUT2D eigenvalue weighted by Crippen LogP contribution is -2.53. The molecule has 1 rings (SSSR count). The fourth-order valence-electron chi connectivity index (χ4n) is 2.72. The summed E-state index contributed by atoms with van der Waals surface area (Å²) in [6.07, 6.45) is 4.64. The van der Waals surface area contributed by atoms with Gasteiger partial charge in [-0.15, -0.1) is 0 Å². The average molecular weight is 271 g/mol. The van der Waals surface area contributed by atoms with Crippen LogP contribution < -0.4 is 0 Å². The predicted octanol–water partition coefficient (Wildman–Crippen LogP) is 2.05. The number of nitrogens with zero attached hydrogens (tertiary/aromatic N) is 1. The number of carboxylic acids is 1. The van der Waals surface area contributed by atoms with Gasteiger partial charge in [0.1, 0.15) is 6.61 Å². The fourth-order valence-corrected chi connectivity index (χ4v) is 2.72. The van der Waals surface area contributed by atoms with Crippen molar-refractivity contribution in [3.8, 4) is 0 Å². The second-order valence-electron chi connectivity index (χ2n) is 5.67. The molecule has 19 heavy (non-hydrogen) atoms. The minimum Gasteiger partial charge on any atom is -0.481 e. The predicted molar refractivity (Wildman–Crippen MR) is 71.9 cm³/mol. The van der Waals surface area contributed by atoms with Crippen molar-refractivity contribution < 1.29 is 19.4 Å². The number of ether oxygens (including phenoxy) is 1. The van der Waals surface area contributed by atoms with Crippen molar-refractivity contribution in [1.29, 1.82) is 0 Å². The molecule has 0 bridgehead atoms. The van der Waals surface area contributed by atoms with Crippen LogP contribution in [0.3, 0.4) is 0 Å². The van der Waals surface area contributed by atoms with E-state index in [4.69, 9.17) is 9.84 Å². The first-order chi connectivity index (χ1) is 8.87. The molecule has 1 aliphatic rings. The maximum Gasteiger partial charge on any atom is 0.305 e. The number of hydrogen-bond donors (Lipinski definition) is 1. The molecule has 0 radical (unpaired) electrons. The van der Waals surface area contributed by atoms with E-state index in [-0.39, 0.29) is 25.0 Å². The quantitative estimate of drug-likeness (QED) is 0.803. The molecular formula is C14H25NO4. The lowest BCUT2D eigenvalue weighted by Gasteiger charge is -2.43. The number of carbonyl (C=O) groups is 2. The summed E-state index contributed by atoms with van der Waals surface area (Å²) >= 11 is 0. The summed E-state index contributed by atoms with van der Waals surface area (Å²) < 4.78 is 5.33. The van der Waals surface area contributed by atoms with Crippen molar-refractivity contribution >= 4 is 11.9 Å². The smallest absolute Gasteiger partial charge is 0.305 e. The third-order valence-corrected chi connectivity index (χ3v) is 3.89. The van der Waals surface area contributed by atoms with Gasteiger partial charge >= 0.3 is 5.97 Å². The molecule has 0 unspecified atom stereocenters. The van der Waals surface area contributed by atoms with E-state index < -0.39 is 11.5 Å². The molecule has 0 spiro atoms. The van der Waals surface area contributed by atoms with E-state index in [0.29, 0.717) is 0 Å². The van der Waals surface area contributed by atoms with Crippen LogP contribution in [0.5, 0.6) is 0 Å². The van der Waals surface area contributed by atoms with Gasteiger partial charge in [-0.25, -0.2) is 0 Å². The molecule has 1 fully saturated rings. The summed E-state index contributed by atoms with van der Waals surface area (Å²) in [4.78, 5) is 24.9. The summed E-state index contributed by atoms with van der Waals surface area (Å²) in [6.45, 7) is 3.78. The molecular weight excluding hydrogens is 246 g/mol. The van der Waals surface area contributed by atoms with Crippen LogP contribution in [0.1, 0.15) is 52.4 Å². The van der Waals surface area contributed by atoms with Crippen LogP contribution in [0, 0.1) is 0 Å². The van der Waals surface area contributed by atoms with Gasteiger partial charge < -0.3 is 14.7 Å². The zero-order valence-corrected chi connectivity index (χ0v) is 12.1. The van der Waals surface area contributed by atoms with Crippen LogP contribution in [-0.4, -0.2) is 47.2 Å². The normalized spacial score (nSPS) is 18.3. The van der Waals surface area contributed by atoms with Gasteiger partial charge in [-0.05, 0) is 26.7 Å². The molecule has 110 valence electrons. The summed E-state index contributed by atoms with van der Waals surface area (Å²) in [5.41, 5.74) is -0.526. The molecule has 0 aromatic rings. The Morgan fingerprint density at radius 2 is 1.84 bits per heavy atom. The number of hydrogen-bond acceptors (Lipinski definition) is 3. The SMILES string of the molecule is CC(C)OCC(=O)N(C)C1(CC(=O)O)CCCCC1. The summed E-state index contributed by atoms with van der Waals surface area (Å²) in [7, 11) is 1.71. The monoisotopic (exact) mass is 271 g/mol. The topological polar surface area (TPSA) is 66.8 Å². The van der Waals surface area contributed by atoms with Gasteiger partial charge in [-0.2, -0.15) is 0 Å². The van der Waals surface area contributed by atoms with E-state index in [0.717, 1.165) is 32.1 Å². The molecule has 5 heteroatoms. The van der Waals surface area contributed by atoms with E-state index in [9.17, 15) is 9.59 Å². The highest BCUT2D eigenvalue weighted by atomic mass is 16.5. The first kappa shape index (κ1) is 16.0. The van der Waals surface area contributed by atoms with Crippen LogP contribution in [0.25, 0.3) is 0 Å². The lowest BCUT2D eigenvalue weighted by atomic mass is 9.78. The highest BCUT2D eigenvalue weighted by molar-refractivity contribution is 5.79. The van der Waals surface area contributed by atoms with Crippen molar-refractivity contribution in [1.82, 2.24) is 4.90 Å². The van der Waals surface area contributed by atoms with Gasteiger partial charge in [0.15, 0.2) is 0 Å². The minimum absolute atomic E-state index is 0.000806. The number of amides is 1. The zero-order valence-electron chi connectivity index (χ0n) is 12.1. The maximum atomic E-state index is 12.1. The molecule has 0 heterocycles. The minimum atomic E-state index is -0.841.